The van der Waals surface area contributed by atoms with Gasteiger partial charge in [0.25, 0.3) is 0 Å². The second-order valence-corrected chi connectivity index (χ2v) is 3.24. The maximum absolute atomic E-state index is 12.2. The van der Waals surface area contributed by atoms with Gasteiger partial charge in [-0.15, -0.1) is 0 Å². The SMILES string of the molecule is OC[C@]1(O)OC(CF)[C@@H](O)C(O)C1O. The molecular weight excluding hydrogens is 199 g/mol. The van der Waals surface area contributed by atoms with Crippen LogP contribution in [0.15, 0.2) is 0 Å². The van der Waals surface area contributed by atoms with Crippen LogP contribution in [0.2, 0.25) is 0 Å². The van der Waals surface area contributed by atoms with E-state index in [0.717, 1.165) is 0 Å². The van der Waals surface area contributed by atoms with Crippen LogP contribution in [0, 0.1) is 0 Å². The number of rotatable bonds is 2. The highest BCUT2D eigenvalue weighted by Crippen LogP contribution is 2.27. The van der Waals surface area contributed by atoms with Crippen molar-refractivity contribution in [2.75, 3.05) is 13.3 Å². The molecular formula is C7H13FO6. The molecule has 0 radical (unpaired) electrons. The average Bonchev–Trinajstić information content (AvgIpc) is 2.20. The monoisotopic (exact) mass is 212 g/mol. The molecule has 0 amide bonds. The summed E-state index contributed by atoms with van der Waals surface area (Å²) in [4.78, 5) is 0. The molecule has 0 aromatic rings. The van der Waals surface area contributed by atoms with Gasteiger partial charge in [-0.1, -0.05) is 0 Å². The minimum Gasteiger partial charge on any atom is -0.391 e. The molecule has 1 rings (SSSR count). The first-order valence-corrected chi connectivity index (χ1v) is 4.07. The Labute approximate surface area is 79.2 Å². The Hall–Kier alpha value is -0.310. The van der Waals surface area contributed by atoms with Crippen LogP contribution in [0.25, 0.3) is 0 Å². The summed E-state index contributed by atoms with van der Waals surface area (Å²) in [6.07, 6.45) is -6.75. The van der Waals surface area contributed by atoms with Crippen LogP contribution in [0.3, 0.4) is 0 Å². The third-order valence-electron chi connectivity index (χ3n) is 2.25. The maximum atomic E-state index is 12.2. The number of hydrogen-bond acceptors (Lipinski definition) is 6. The van der Waals surface area contributed by atoms with Crippen LogP contribution in [-0.4, -0.2) is 69.0 Å². The Morgan fingerprint density at radius 2 is 1.79 bits per heavy atom. The van der Waals surface area contributed by atoms with Gasteiger partial charge in [-0.25, -0.2) is 4.39 Å². The molecule has 1 saturated heterocycles. The normalized spacial score (nSPS) is 49.3. The van der Waals surface area contributed by atoms with E-state index in [2.05, 4.69) is 4.74 Å². The molecule has 14 heavy (non-hydrogen) atoms. The number of aliphatic hydroxyl groups excluding tert-OH is 4. The van der Waals surface area contributed by atoms with Crippen molar-refractivity contribution in [1.82, 2.24) is 0 Å². The van der Waals surface area contributed by atoms with Gasteiger partial charge in [0.2, 0.25) is 5.79 Å². The van der Waals surface area contributed by atoms with Crippen molar-refractivity contribution in [2.24, 2.45) is 0 Å². The third-order valence-corrected chi connectivity index (χ3v) is 2.25. The van der Waals surface area contributed by atoms with Gasteiger partial charge in [0, 0.05) is 0 Å². The number of ether oxygens (including phenoxy) is 1. The van der Waals surface area contributed by atoms with Crippen molar-refractivity contribution in [3.63, 3.8) is 0 Å². The lowest BCUT2D eigenvalue weighted by atomic mass is 9.93. The Balaban J connectivity index is 2.84. The van der Waals surface area contributed by atoms with Gasteiger partial charge in [0.05, 0.1) is 6.61 Å². The van der Waals surface area contributed by atoms with Crippen LogP contribution in [-0.2, 0) is 4.74 Å². The Bertz CT molecular complexity index is 201. The Kier molecular flexibility index (Phi) is 3.40. The van der Waals surface area contributed by atoms with E-state index in [-0.39, 0.29) is 0 Å². The lowest BCUT2D eigenvalue weighted by Gasteiger charge is -2.44. The minimum atomic E-state index is -2.44. The molecule has 1 fully saturated rings. The van der Waals surface area contributed by atoms with E-state index >= 15 is 0 Å². The average molecular weight is 212 g/mol. The van der Waals surface area contributed by atoms with Crippen molar-refractivity contribution >= 4 is 0 Å². The second-order valence-electron chi connectivity index (χ2n) is 3.24. The van der Waals surface area contributed by atoms with Crippen LogP contribution < -0.4 is 0 Å². The Morgan fingerprint density at radius 3 is 2.21 bits per heavy atom. The summed E-state index contributed by atoms with van der Waals surface area (Å²) in [6, 6.07) is 0. The van der Waals surface area contributed by atoms with Gasteiger partial charge < -0.3 is 30.3 Å². The van der Waals surface area contributed by atoms with Crippen LogP contribution in [0.5, 0.6) is 0 Å². The number of aliphatic hydroxyl groups is 5. The summed E-state index contributed by atoms with van der Waals surface area (Å²) in [5.41, 5.74) is 0. The van der Waals surface area contributed by atoms with E-state index in [1.54, 1.807) is 0 Å². The van der Waals surface area contributed by atoms with Gasteiger partial charge in [-0.2, -0.15) is 0 Å². The highest BCUT2D eigenvalue weighted by atomic mass is 19.1. The van der Waals surface area contributed by atoms with E-state index in [9.17, 15) is 19.7 Å². The molecule has 5 atom stereocenters. The first-order valence-electron chi connectivity index (χ1n) is 4.07. The largest absolute Gasteiger partial charge is 0.391 e. The summed E-state index contributed by atoms with van der Waals surface area (Å²) in [5.74, 6) is -2.44. The Morgan fingerprint density at radius 1 is 1.21 bits per heavy atom. The summed E-state index contributed by atoms with van der Waals surface area (Å²) in [5, 5.41) is 45.6. The van der Waals surface area contributed by atoms with E-state index in [4.69, 9.17) is 10.2 Å². The first-order chi connectivity index (χ1) is 6.46. The van der Waals surface area contributed by atoms with Crippen molar-refractivity contribution in [1.29, 1.82) is 0 Å². The molecule has 0 aromatic carbocycles. The third kappa shape index (κ3) is 1.74. The van der Waals surface area contributed by atoms with Gasteiger partial charge in [0.1, 0.15) is 31.1 Å². The predicted octanol–water partition coefficient (Wildman–Crippen LogP) is -2.88. The smallest absolute Gasteiger partial charge is 0.219 e. The van der Waals surface area contributed by atoms with Crippen LogP contribution in [0.1, 0.15) is 0 Å². The van der Waals surface area contributed by atoms with Crippen molar-refractivity contribution in [3.05, 3.63) is 0 Å². The lowest BCUT2D eigenvalue weighted by molar-refractivity contribution is -0.355. The molecule has 84 valence electrons. The highest BCUT2D eigenvalue weighted by molar-refractivity contribution is 4.95. The number of alkyl halides is 1. The topological polar surface area (TPSA) is 110 Å². The number of halogens is 1. The molecule has 0 aliphatic carbocycles. The van der Waals surface area contributed by atoms with E-state index < -0.39 is 43.5 Å². The quantitative estimate of drug-likeness (QED) is 0.336. The van der Waals surface area contributed by atoms with Gasteiger partial charge in [-0.05, 0) is 0 Å². The van der Waals surface area contributed by atoms with Crippen LogP contribution >= 0.6 is 0 Å². The fraction of sp³-hybridized carbons (Fsp3) is 1.00. The number of hydrogen-bond donors (Lipinski definition) is 5. The fourth-order valence-electron chi connectivity index (χ4n) is 1.33. The maximum Gasteiger partial charge on any atom is 0.219 e. The van der Waals surface area contributed by atoms with E-state index in [1.165, 1.54) is 0 Å². The molecule has 6 nitrogen and oxygen atoms in total. The first kappa shape index (κ1) is 11.8. The zero-order valence-electron chi connectivity index (χ0n) is 7.25. The second kappa shape index (κ2) is 4.05. The van der Waals surface area contributed by atoms with Crippen LogP contribution in [0.4, 0.5) is 4.39 Å². The van der Waals surface area contributed by atoms with E-state index in [1.807, 2.05) is 0 Å². The van der Waals surface area contributed by atoms with Gasteiger partial charge >= 0.3 is 0 Å². The summed E-state index contributed by atoms with van der Waals surface area (Å²) < 4.78 is 16.8. The van der Waals surface area contributed by atoms with Crippen molar-refractivity contribution in [2.45, 2.75) is 30.2 Å². The molecule has 0 bridgehead atoms. The van der Waals surface area contributed by atoms with Gasteiger partial charge in [0.15, 0.2) is 0 Å². The molecule has 1 aliphatic rings. The van der Waals surface area contributed by atoms with Gasteiger partial charge in [-0.3, -0.25) is 0 Å². The molecule has 5 N–H and O–H groups in total. The predicted molar refractivity (Wildman–Crippen MR) is 40.9 cm³/mol. The minimum absolute atomic E-state index is 1.01. The lowest BCUT2D eigenvalue weighted by Crippen LogP contribution is -2.66. The molecule has 7 heteroatoms. The fourth-order valence-corrected chi connectivity index (χ4v) is 1.33. The zero-order chi connectivity index (χ0) is 10.9. The van der Waals surface area contributed by atoms with Crippen molar-refractivity contribution < 1.29 is 34.7 Å². The summed E-state index contributed by atoms with van der Waals surface area (Å²) >= 11 is 0. The molecule has 3 unspecified atom stereocenters. The molecule has 0 aromatic heterocycles. The standard InChI is InChI=1S/C7H13FO6/c8-1-3-4(10)5(11)6(12)7(13,2-9)14-3/h3-6,9-13H,1-2H2/t3?,4-,5?,6?,7+/m1/s1. The van der Waals surface area contributed by atoms with Crippen molar-refractivity contribution in [3.8, 4) is 0 Å². The molecule has 0 spiro atoms. The van der Waals surface area contributed by atoms with E-state index in [0.29, 0.717) is 0 Å². The summed E-state index contributed by atoms with van der Waals surface area (Å²) in [7, 11) is 0. The molecule has 0 saturated carbocycles. The zero-order valence-corrected chi connectivity index (χ0v) is 7.25. The highest BCUT2D eigenvalue weighted by Gasteiger charge is 2.52. The summed E-state index contributed by atoms with van der Waals surface area (Å²) in [6.45, 7) is -2.15. The molecule has 1 aliphatic heterocycles. The molecule has 1 heterocycles.